The van der Waals surface area contributed by atoms with Crippen LogP contribution in [0.3, 0.4) is 0 Å². The van der Waals surface area contributed by atoms with Gasteiger partial charge in [0.1, 0.15) is 22.4 Å². The lowest BCUT2D eigenvalue weighted by molar-refractivity contribution is -0.0545. The molecule has 5 rings (SSSR count). The Morgan fingerprint density at radius 1 is 1.19 bits per heavy atom. The molecule has 2 aliphatic rings. The van der Waals surface area contributed by atoms with Crippen molar-refractivity contribution in [3.63, 3.8) is 0 Å². The summed E-state index contributed by atoms with van der Waals surface area (Å²) in [4.78, 5) is 18.3. The maximum absolute atomic E-state index is 11.1. The fraction of sp³-hybridized carbons (Fsp3) is 0.524. The van der Waals surface area contributed by atoms with Crippen LogP contribution in [0.15, 0.2) is 6.07 Å². The number of pyridine rings is 1. The normalized spacial score (nSPS) is 26.0. The molecule has 2 fully saturated rings. The van der Waals surface area contributed by atoms with Crippen LogP contribution in [0.4, 0.5) is 11.8 Å². The van der Waals surface area contributed by atoms with Crippen molar-refractivity contribution in [2.75, 3.05) is 17.7 Å². The zero-order chi connectivity index (χ0) is 21.9. The van der Waals surface area contributed by atoms with Gasteiger partial charge in [-0.05, 0) is 45.6 Å². The Hall–Kier alpha value is -2.40. The summed E-state index contributed by atoms with van der Waals surface area (Å²) < 4.78 is 1.05. The van der Waals surface area contributed by atoms with Crippen molar-refractivity contribution in [1.29, 1.82) is 0 Å². The Labute approximate surface area is 183 Å². The van der Waals surface area contributed by atoms with Crippen molar-refractivity contribution >= 4 is 33.3 Å². The molecule has 0 bridgehead atoms. The van der Waals surface area contributed by atoms with Crippen LogP contribution in [0, 0.1) is 19.8 Å². The first-order valence-electron chi connectivity index (χ1n) is 10.5. The van der Waals surface area contributed by atoms with Gasteiger partial charge in [-0.1, -0.05) is 0 Å². The summed E-state index contributed by atoms with van der Waals surface area (Å²) in [6, 6.07) is 2.03. The van der Waals surface area contributed by atoms with Gasteiger partial charge in [-0.2, -0.15) is 4.98 Å². The molecule has 0 radical (unpaired) electrons. The highest BCUT2D eigenvalue weighted by Gasteiger charge is 2.47. The van der Waals surface area contributed by atoms with Crippen LogP contribution in [-0.4, -0.2) is 53.7 Å². The molecule has 3 unspecified atom stereocenters. The van der Waals surface area contributed by atoms with E-state index in [1.807, 2.05) is 19.9 Å². The third-order valence-corrected chi connectivity index (χ3v) is 7.24. The Balaban J connectivity index is 1.61. The minimum atomic E-state index is -1.62. The average molecular weight is 443 g/mol. The molecule has 0 amide bonds. The van der Waals surface area contributed by atoms with E-state index in [2.05, 4.69) is 15.3 Å². The van der Waals surface area contributed by atoms with Gasteiger partial charge in [0, 0.05) is 24.1 Å². The number of thiazole rings is 1. The molecule has 2 saturated carbocycles. The van der Waals surface area contributed by atoms with E-state index in [9.17, 15) is 15.3 Å². The highest BCUT2D eigenvalue weighted by atomic mass is 32.1. The molecule has 9 nitrogen and oxygen atoms in total. The zero-order valence-corrected chi connectivity index (χ0v) is 18.3. The molecular formula is C21H26N6O3S. The first-order valence-corrected chi connectivity index (χ1v) is 11.3. The number of fused-ring (bicyclic) bond motifs is 1. The van der Waals surface area contributed by atoms with Crippen molar-refractivity contribution in [3.8, 4) is 10.6 Å². The van der Waals surface area contributed by atoms with Gasteiger partial charge in [0.05, 0.1) is 21.7 Å². The summed E-state index contributed by atoms with van der Waals surface area (Å²) in [5.74, 6) is 0.444. The topological polar surface area (TPSA) is 150 Å². The van der Waals surface area contributed by atoms with Crippen LogP contribution in [0.5, 0.6) is 0 Å². The molecule has 0 aromatic carbocycles. The number of aromatic nitrogens is 4. The average Bonchev–Trinajstić information content (AvgIpc) is 3.40. The number of nitrogens with one attached hydrogen (secondary N) is 1. The molecule has 0 aliphatic heterocycles. The summed E-state index contributed by atoms with van der Waals surface area (Å²) in [6.07, 6.45) is 1.90. The number of aliphatic hydroxyl groups excluding tert-OH is 2. The van der Waals surface area contributed by atoms with Gasteiger partial charge >= 0.3 is 0 Å². The molecule has 31 heavy (non-hydrogen) atoms. The number of hydrogen-bond acceptors (Lipinski definition) is 10. The predicted octanol–water partition coefficient (Wildman–Crippen LogP) is 2.09. The van der Waals surface area contributed by atoms with Crippen LogP contribution in [0.25, 0.3) is 20.8 Å². The molecule has 0 spiro atoms. The van der Waals surface area contributed by atoms with Gasteiger partial charge in [-0.3, -0.25) is 4.98 Å². The molecule has 164 valence electrons. The van der Waals surface area contributed by atoms with E-state index in [1.165, 1.54) is 11.3 Å². The first-order chi connectivity index (χ1) is 14.8. The number of nitrogens with two attached hydrogens (primary N) is 1. The molecule has 3 atom stereocenters. The van der Waals surface area contributed by atoms with E-state index in [0.29, 0.717) is 34.4 Å². The molecule has 3 aromatic rings. The third kappa shape index (κ3) is 3.53. The van der Waals surface area contributed by atoms with Crippen molar-refractivity contribution in [3.05, 3.63) is 23.1 Å². The molecule has 6 N–H and O–H groups in total. The Morgan fingerprint density at radius 3 is 2.65 bits per heavy atom. The quantitative estimate of drug-likeness (QED) is 0.374. The maximum atomic E-state index is 11.1. The molecule has 3 heterocycles. The Kier molecular flexibility index (Phi) is 4.85. The predicted molar refractivity (Wildman–Crippen MR) is 119 cm³/mol. The summed E-state index contributed by atoms with van der Waals surface area (Å²) in [5, 5.41) is 34.8. The van der Waals surface area contributed by atoms with Crippen LogP contribution in [0.2, 0.25) is 0 Å². The largest absolute Gasteiger partial charge is 0.396 e. The second-order valence-corrected chi connectivity index (χ2v) is 9.69. The molecule has 3 aromatic heterocycles. The minimum Gasteiger partial charge on any atom is -0.396 e. The van der Waals surface area contributed by atoms with E-state index in [1.54, 1.807) is 0 Å². The second-order valence-electron chi connectivity index (χ2n) is 8.66. The van der Waals surface area contributed by atoms with E-state index >= 15 is 0 Å². The van der Waals surface area contributed by atoms with Crippen molar-refractivity contribution in [2.24, 2.45) is 5.92 Å². The van der Waals surface area contributed by atoms with Crippen molar-refractivity contribution in [1.82, 2.24) is 19.9 Å². The van der Waals surface area contributed by atoms with Crippen molar-refractivity contribution in [2.45, 2.75) is 57.3 Å². The summed E-state index contributed by atoms with van der Waals surface area (Å²) >= 11 is 1.52. The van der Waals surface area contributed by atoms with Gasteiger partial charge < -0.3 is 26.4 Å². The molecule has 2 aliphatic carbocycles. The van der Waals surface area contributed by atoms with Crippen LogP contribution in [0.1, 0.15) is 48.7 Å². The lowest BCUT2D eigenvalue weighted by atomic mass is 10.0. The lowest BCUT2D eigenvalue weighted by Crippen LogP contribution is -2.48. The van der Waals surface area contributed by atoms with Crippen LogP contribution >= 0.6 is 11.3 Å². The lowest BCUT2D eigenvalue weighted by Gasteiger charge is -2.30. The number of nitrogens with zero attached hydrogens (tertiary/aromatic N) is 4. The van der Waals surface area contributed by atoms with E-state index in [-0.39, 0.29) is 19.0 Å². The number of aryl methyl sites for hydroxylation is 2. The van der Waals surface area contributed by atoms with Gasteiger partial charge in [0.2, 0.25) is 5.95 Å². The van der Waals surface area contributed by atoms with Gasteiger partial charge in [0.25, 0.3) is 0 Å². The third-order valence-electron chi connectivity index (χ3n) is 6.22. The van der Waals surface area contributed by atoms with Crippen molar-refractivity contribution < 1.29 is 15.3 Å². The monoisotopic (exact) mass is 442 g/mol. The number of rotatable bonds is 5. The maximum Gasteiger partial charge on any atom is 0.222 e. The van der Waals surface area contributed by atoms with Gasteiger partial charge in [-0.15, -0.1) is 11.3 Å². The van der Waals surface area contributed by atoms with E-state index in [4.69, 9.17) is 15.7 Å². The number of anilines is 2. The zero-order valence-electron chi connectivity index (χ0n) is 17.5. The minimum absolute atomic E-state index is 0.0656. The van der Waals surface area contributed by atoms with E-state index < -0.39 is 17.7 Å². The standard InChI is InChI=1S/C21H26N6O3S/c1-9-7-13-16(15(23-9)11-3-4-11)25-19(31-13)14-10(2)24-20(22)26-18(14)27-21(30)6-5-12(8-28)17(21)29/h7,11-12,17,28-30H,3-6,8H2,1-2H3,(H3,22,24,26,27). The summed E-state index contributed by atoms with van der Waals surface area (Å²) in [5.41, 5.74) is 8.45. The second kappa shape index (κ2) is 7.33. The van der Waals surface area contributed by atoms with Gasteiger partial charge in [-0.25, -0.2) is 9.97 Å². The molecule has 10 heteroatoms. The Morgan fingerprint density at radius 2 is 1.97 bits per heavy atom. The SMILES string of the molecule is Cc1cc2sc(-c3c(C)nc(N)nc3NC3(O)CCC(CO)C3O)nc2c(C2CC2)n1. The van der Waals surface area contributed by atoms with Gasteiger partial charge in [0.15, 0.2) is 5.72 Å². The Bertz CT molecular complexity index is 1160. The highest BCUT2D eigenvalue weighted by molar-refractivity contribution is 7.21. The number of nitrogen functional groups attached to an aromatic ring is 1. The molecular weight excluding hydrogens is 416 g/mol. The molecule has 0 saturated heterocycles. The first kappa shape index (κ1) is 20.5. The number of hydrogen-bond donors (Lipinski definition) is 5. The fourth-order valence-corrected chi connectivity index (χ4v) is 5.57. The smallest absolute Gasteiger partial charge is 0.222 e. The van der Waals surface area contributed by atoms with Crippen LogP contribution in [-0.2, 0) is 0 Å². The summed E-state index contributed by atoms with van der Waals surface area (Å²) in [7, 11) is 0. The fourth-order valence-electron chi connectivity index (χ4n) is 4.40. The number of aliphatic hydroxyl groups is 3. The van der Waals surface area contributed by atoms with Crippen LogP contribution < -0.4 is 11.1 Å². The summed E-state index contributed by atoms with van der Waals surface area (Å²) in [6.45, 7) is 3.61. The van der Waals surface area contributed by atoms with E-state index in [0.717, 1.165) is 34.4 Å². The highest BCUT2D eigenvalue weighted by Crippen LogP contribution is 2.45.